The molecule has 1 aliphatic rings. The average Bonchev–Trinajstić information content (AvgIpc) is 2.77. The van der Waals surface area contributed by atoms with Crippen LogP contribution in [0.2, 0.25) is 0 Å². The molecule has 2 aromatic carbocycles. The summed E-state index contributed by atoms with van der Waals surface area (Å²) < 4.78 is 5.58. The molecule has 1 aliphatic carbocycles. The lowest BCUT2D eigenvalue weighted by Crippen LogP contribution is -2.30. The Morgan fingerprint density at radius 1 is 1.03 bits per heavy atom. The largest absolute Gasteiger partial charge is 0.449 e. The summed E-state index contributed by atoms with van der Waals surface area (Å²) in [5, 5.41) is 3.46. The highest BCUT2D eigenvalue weighted by Gasteiger charge is 2.26. The van der Waals surface area contributed by atoms with E-state index in [1.54, 1.807) is 24.3 Å². The van der Waals surface area contributed by atoms with Crippen LogP contribution in [-0.4, -0.2) is 28.7 Å². The Labute approximate surface area is 180 Å². The molecule has 1 heterocycles. The minimum absolute atomic E-state index is 0.0927. The zero-order valence-corrected chi connectivity index (χ0v) is 17.6. The third-order valence-electron chi connectivity index (χ3n) is 5.56. The number of rotatable bonds is 5. The number of aromatic nitrogens is 1. The van der Waals surface area contributed by atoms with E-state index in [9.17, 15) is 14.4 Å². The molecule has 1 aromatic heterocycles. The highest BCUT2D eigenvalue weighted by molar-refractivity contribution is 6.06. The van der Waals surface area contributed by atoms with Crippen LogP contribution >= 0.6 is 0 Å². The first-order valence-corrected chi connectivity index (χ1v) is 10.5. The molecule has 0 radical (unpaired) electrons. The van der Waals surface area contributed by atoms with Gasteiger partial charge in [0.2, 0.25) is 0 Å². The van der Waals surface area contributed by atoms with Crippen LogP contribution in [-0.2, 0) is 22.4 Å². The van der Waals surface area contributed by atoms with Crippen molar-refractivity contribution in [3.8, 4) is 0 Å². The number of aryl methyl sites for hydroxylation is 1. The zero-order chi connectivity index (χ0) is 22.0. The van der Waals surface area contributed by atoms with E-state index in [2.05, 4.69) is 5.32 Å². The fraction of sp³-hybridized carbons (Fsp3) is 0.280. The number of ether oxygens (including phenoxy) is 1. The van der Waals surface area contributed by atoms with Gasteiger partial charge in [0.05, 0.1) is 11.1 Å². The number of fused-ring (bicyclic) bond motifs is 2. The van der Waals surface area contributed by atoms with E-state index >= 15 is 0 Å². The molecule has 0 spiro atoms. The van der Waals surface area contributed by atoms with Crippen molar-refractivity contribution < 1.29 is 19.1 Å². The summed E-state index contributed by atoms with van der Waals surface area (Å²) in [7, 11) is 0. The molecule has 1 atom stereocenters. The number of ketones is 1. The number of carbonyl (C=O) groups excluding carboxylic acids is 3. The van der Waals surface area contributed by atoms with E-state index in [1.807, 2.05) is 24.3 Å². The minimum Gasteiger partial charge on any atom is -0.449 e. The minimum atomic E-state index is -1.00. The molecule has 3 aromatic rings. The summed E-state index contributed by atoms with van der Waals surface area (Å²) in [4.78, 5) is 42.1. The number of nitrogens with zero attached hydrogens (tertiary/aromatic N) is 1. The molecule has 0 saturated heterocycles. The van der Waals surface area contributed by atoms with Gasteiger partial charge in [-0.15, -0.1) is 0 Å². The van der Waals surface area contributed by atoms with Gasteiger partial charge < -0.3 is 10.1 Å². The number of carbonyl (C=O) groups is 3. The van der Waals surface area contributed by atoms with Gasteiger partial charge >= 0.3 is 5.97 Å². The second-order valence-electron chi connectivity index (χ2n) is 7.81. The van der Waals surface area contributed by atoms with Crippen LogP contribution in [0, 0.1) is 0 Å². The molecule has 0 saturated carbocycles. The van der Waals surface area contributed by atoms with Crippen molar-refractivity contribution in [3.05, 3.63) is 70.9 Å². The summed E-state index contributed by atoms with van der Waals surface area (Å²) >= 11 is 0. The van der Waals surface area contributed by atoms with E-state index in [-0.39, 0.29) is 5.78 Å². The third-order valence-corrected chi connectivity index (χ3v) is 5.56. The number of Topliss-reactive ketones (excluding diaryl/α,β-unsaturated/α-hetero) is 1. The van der Waals surface area contributed by atoms with Crippen molar-refractivity contribution >= 4 is 34.3 Å². The predicted octanol–water partition coefficient (Wildman–Crippen LogP) is 4.50. The lowest BCUT2D eigenvalue weighted by atomic mass is 9.90. The van der Waals surface area contributed by atoms with Crippen molar-refractivity contribution in [2.24, 2.45) is 0 Å². The first-order chi connectivity index (χ1) is 14.9. The van der Waals surface area contributed by atoms with E-state index in [0.29, 0.717) is 16.8 Å². The molecule has 0 aliphatic heterocycles. The molecule has 0 fully saturated rings. The van der Waals surface area contributed by atoms with Crippen molar-refractivity contribution in [1.29, 1.82) is 0 Å². The molecular weight excluding hydrogens is 392 g/mol. The van der Waals surface area contributed by atoms with E-state index in [1.165, 1.54) is 13.8 Å². The molecule has 1 N–H and O–H groups in total. The van der Waals surface area contributed by atoms with E-state index in [4.69, 9.17) is 9.72 Å². The Balaban J connectivity index is 1.57. The second-order valence-corrected chi connectivity index (χ2v) is 7.81. The molecule has 158 valence electrons. The van der Waals surface area contributed by atoms with Crippen molar-refractivity contribution in [2.75, 3.05) is 5.32 Å². The summed E-state index contributed by atoms with van der Waals surface area (Å²) in [6.45, 7) is 3.00. The van der Waals surface area contributed by atoms with Crippen LogP contribution < -0.4 is 5.32 Å². The van der Waals surface area contributed by atoms with Gasteiger partial charge in [0, 0.05) is 22.3 Å². The van der Waals surface area contributed by atoms with Crippen LogP contribution in [0.3, 0.4) is 0 Å². The lowest BCUT2D eigenvalue weighted by molar-refractivity contribution is -0.123. The fourth-order valence-corrected chi connectivity index (χ4v) is 3.94. The molecule has 4 rings (SSSR count). The highest BCUT2D eigenvalue weighted by Crippen LogP contribution is 2.30. The molecule has 0 bridgehead atoms. The Morgan fingerprint density at radius 2 is 1.81 bits per heavy atom. The molecule has 1 unspecified atom stereocenters. The standard InChI is InChI=1S/C25H24N2O4/c1-15(28)17-8-7-9-18(14-17)26-24(29)16(2)31-25(30)23-19-10-3-5-12-21(19)27-22-13-6-4-11-20(22)23/h3,5,7-10,12,14,16H,4,6,11,13H2,1-2H3,(H,26,29). The maximum atomic E-state index is 13.2. The SMILES string of the molecule is CC(=O)c1cccc(NC(=O)C(C)OC(=O)c2c3c(nc4ccccc24)CCCC3)c1. The Kier molecular flexibility index (Phi) is 5.80. The van der Waals surface area contributed by atoms with Crippen LogP contribution in [0.4, 0.5) is 5.69 Å². The number of hydrogen-bond acceptors (Lipinski definition) is 5. The number of para-hydroxylation sites is 1. The molecule has 6 heteroatoms. The van der Waals surface area contributed by atoms with Crippen molar-refractivity contribution in [1.82, 2.24) is 4.98 Å². The Bertz CT molecular complexity index is 1190. The fourth-order valence-electron chi connectivity index (χ4n) is 3.94. The smallest absolute Gasteiger partial charge is 0.339 e. The molecule has 1 amide bonds. The quantitative estimate of drug-likeness (QED) is 0.489. The number of esters is 1. The first-order valence-electron chi connectivity index (χ1n) is 10.5. The highest BCUT2D eigenvalue weighted by atomic mass is 16.5. The monoisotopic (exact) mass is 416 g/mol. The maximum Gasteiger partial charge on any atom is 0.339 e. The van der Waals surface area contributed by atoms with Crippen LogP contribution in [0.5, 0.6) is 0 Å². The summed E-state index contributed by atoms with van der Waals surface area (Å²) in [6, 6.07) is 14.2. The summed E-state index contributed by atoms with van der Waals surface area (Å²) in [5.74, 6) is -1.07. The van der Waals surface area contributed by atoms with Gasteiger partial charge in [0.1, 0.15) is 0 Å². The van der Waals surface area contributed by atoms with Crippen molar-refractivity contribution in [2.45, 2.75) is 45.6 Å². The van der Waals surface area contributed by atoms with Gasteiger partial charge in [-0.25, -0.2) is 4.79 Å². The van der Waals surface area contributed by atoms with Crippen LogP contribution in [0.1, 0.15) is 58.7 Å². The molecule has 31 heavy (non-hydrogen) atoms. The number of benzene rings is 2. The first kappa shape index (κ1) is 20.7. The normalized spacial score (nSPS) is 13.9. The van der Waals surface area contributed by atoms with Gasteiger partial charge in [0.25, 0.3) is 5.91 Å². The summed E-state index contributed by atoms with van der Waals surface area (Å²) in [5.41, 5.74) is 4.11. The van der Waals surface area contributed by atoms with Crippen LogP contribution in [0.25, 0.3) is 10.9 Å². The number of nitrogens with one attached hydrogen (secondary N) is 1. The molecule has 6 nitrogen and oxygen atoms in total. The maximum absolute atomic E-state index is 13.2. The van der Waals surface area contributed by atoms with Gasteiger partial charge in [-0.3, -0.25) is 14.6 Å². The van der Waals surface area contributed by atoms with Gasteiger partial charge in [0.15, 0.2) is 11.9 Å². The predicted molar refractivity (Wildman–Crippen MR) is 118 cm³/mol. The number of amides is 1. The van der Waals surface area contributed by atoms with Gasteiger partial charge in [-0.05, 0) is 63.3 Å². The number of anilines is 1. The van der Waals surface area contributed by atoms with Crippen molar-refractivity contribution in [3.63, 3.8) is 0 Å². The van der Waals surface area contributed by atoms with E-state index in [0.717, 1.165) is 47.8 Å². The topological polar surface area (TPSA) is 85.4 Å². The van der Waals surface area contributed by atoms with Gasteiger partial charge in [-0.1, -0.05) is 30.3 Å². The number of hydrogen-bond donors (Lipinski definition) is 1. The van der Waals surface area contributed by atoms with Crippen LogP contribution in [0.15, 0.2) is 48.5 Å². The lowest BCUT2D eigenvalue weighted by Gasteiger charge is -2.21. The average molecular weight is 416 g/mol. The zero-order valence-electron chi connectivity index (χ0n) is 17.6. The number of pyridine rings is 1. The Hall–Kier alpha value is -3.54. The third kappa shape index (κ3) is 4.33. The second kappa shape index (κ2) is 8.68. The summed E-state index contributed by atoms with van der Waals surface area (Å²) in [6.07, 6.45) is 2.65. The van der Waals surface area contributed by atoms with E-state index < -0.39 is 18.0 Å². The Morgan fingerprint density at radius 3 is 2.61 bits per heavy atom. The molecular formula is C25H24N2O4. The van der Waals surface area contributed by atoms with Gasteiger partial charge in [-0.2, -0.15) is 0 Å².